The highest BCUT2D eigenvalue weighted by molar-refractivity contribution is 5.74. The summed E-state index contributed by atoms with van der Waals surface area (Å²) in [5.41, 5.74) is 0.653. The maximum Gasteiger partial charge on any atom is 0.451 e. The van der Waals surface area contributed by atoms with Crippen molar-refractivity contribution in [2.45, 2.75) is 50.7 Å². The quantitative estimate of drug-likeness (QED) is 0.857. The number of hydrogen-bond donors (Lipinski definition) is 1. The topological polar surface area (TPSA) is 55.6 Å². The highest BCUT2D eigenvalue weighted by Crippen LogP contribution is 2.34. The standard InChI is InChI=1S/C14H18F3N5/c1-18-13-20-10-8-19-12(14(15,16)17)21-11(10)22(13)9-6-4-2-3-5-7-9/h8-9H,2-7H2,1H3,(H,18,20). The molecule has 2 aromatic rings. The molecule has 3 rings (SSSR count). The Balaban J connectivity index is 2.12. The summed E-state index contributed by atoms with van der Waals surface area (Å²) < 4.78 is 40.4. The molecule has 0 atom stereocenters. The molecule has 2 heterocycles. The van der Waals surface area contributed by atoms with E-state index in [9.17, 15) is 13.2 Å². The van der Waals surface area contributed by atoms with Crippen molar-refractivity contribution in [3.05, 3.63) is 12.0 Å². The van der Waals surface area contributed by atoms with Crippen molar-refractivity contribution < 1.29 is 13.2 Å². The minimum absolute atomic E-state index is 0.130. The van der Waals surface area contributed by atoms with E-state index in [0.717, 1.165) is 31.9 Å². The van der Waals surface area contributed by atoms with Crippen LogP contribution in [0.15, 0.2) is 6.20 Å². The summed E-state index contributed by atoms with van der Waals surface area (Å²) in [5.74, 6) is -0.562. The van der Waals surface area contributed by atoms with Crippen LogP contribution in [0.2, 0.25) is 0 Å². The number of anilines is 1. The molecule has 0 radical (unpaired) electrons. The maximum atomic E-state index is 12.9. The number of halogens is 3. The molecule has 0 amide bonds. The van der Waals surface area contributed by atoms with Crippen molar-refractivity contribution in [3.63, 3.8) is 0 Å². The van der Waals surface area contributed by atoms with Crippen LogP contribution in [0.4, 0.5) is 19.1 Å². The molecule has 1 fully saturated rings. The van der Waals surface area contributed by atoms with E-state index < -0.39 is 12.0 Å². The molecule has 0 aromatic carbocycles. The molecule has 1 N–H and O–H groups in total. The predicted molar refractivity (Wildman–Crippen MR) is 76.6 cm³/mol. The lowest BCUT2D eigenvalue weighted by Gasteiger charge is -2.19. The zero-order chi connectivity index (χ0) is 15.7. The van der Waals surface area contributed by atoms with Crippen molar-refractivity contribution in [2.24, 2.45) is 0 Å². The Morgan fingerprint density at radius 1 is 1.14 bits per heavy atom. The van der Waals surface area contributed by atoms with E-state index in [1.807, 2.05) is 4.57 Å². The van der Waals surface area contributed by atoms with Gasteiger partial charge in [-0.15, -0.1) is 0 Å². The third-order valence-corrected chi connectivity index (χ3v) is 4.10. The molecule has 2 aromatic heterocycles. The van der Waals surface area contributed by atoms with Crippen LogP contribution in [0.3, 0.4) is 0 Å². The molecule has 0 aliphatic heterocycles. The van der Waals surface area contributed by atoms with E-state index in [-0.39, 0.29) is 11.7 Å². The normalized spacial score (nSPS) is 17.6. The minimum atomic E-state index is -4.55. The minimum Gasteiger partial charge on any atom is -0.359 e. The fraction of sp³-hybridized carbons (Fsp3) is 0.643. The molecule has 1 saturated carbocycles. The molecule has 8 heteroatoms. The Kier molecular flexibility index (Phi) is 3.92. The summed E-state index contributed by atoms with van der Waals surface area (Å²) in [5, 5.41) is 2.96. The Bertz CT molecular complexity index is 656. The van der Waals surface area contributed by atoms with Crippen molar-refractivity contribution >= 4 is 17.1 Å². The van der Waals surface area contributed by atoms with Gasteiger partial charge in [-0.05, 0) is 12.8 Å². The maximum absolute atomic E-state index is 12.9. The highest BCUT2D eigenvalue weighted by atomic mass is 19.4. The lowest BCUT2D eigenvalue weighted by molar-refractivity contribution is -0.144. The Morgan fingerprint density at radius 2 is 1.82 bits per heavy atom. The molecule has 1 aliphatic carbocycles. The second-order valence-electron chi connectivity index (χ2n) is 5.60. The van der Waals surface area contributed by atoms with Gasteiger partial charge in [0.15, 0.2) is 5.65 Å². The van der Waals surface area contributed by atoms with E-state index in [0.29, 0.717) is 11.5 Å². The van der Waals surface area contributed by atoms with Gasteiger partial charge in [0, 0.05) is 13.1 Å². The number of aromatic nitrogens is 4. The third kappa shape index (κ3) is 2.74. The lowest BCUT2D eigenvalue weighted by Crippen LogP contribution is -2.15. The fourth-order valence-electron chi connectivity index (χ4n) is 3.07. The molecular weight excluding hydrogens is 295 g/mol. The van der Waals surface area contributed by atoms with Gasteiger partial charge < -0.3 is 5.32 Å². The van der Waals surface area contributed by atoms with Crippen molar-refractivity contribution in [2.75, 3.05) is 12.4 Å². The molecule has 5 nitrogen and oxygen atoms in total. The van der Waals surface area contributed by atoms with Gasteiger partial charge in [0.1, 0.15) is 5.52 Å². The molecule has 0 bridgehead atoms. The second kappa shape index (κ2) is 5.73. The van der Waals surface area contributed by atoms with Crippen LogP contribution in [0.25, 0.3) is 11.2 Å². The third-order valence-electron chi connectivity index (χ3n) is 4.10. The van der Waals surface area contributed by atoms with Gasteiger partial charge >= 0.3 is 6.18 Å². The van der Waals surface area contributed by atoms with Gasteiger partial charge in [-0.3, -0.25) is 4.57 Å². The van der Waals surface area contributed by atoms with E-state index in [1.165, 1.54) is 12.8 Å². The molecular formula is C14H18F3N5. The van der Waals surface area contributed by atoms with Crippen molar-refractivity contribution in [1.82, 2.24) is 19.5 Å². The average Bonchev–Trinajstić information content (AvgIpc) is 2.65. The van der Waals surface area contributed by atoms with Crippen LogP contribution >= 0.6 is 0 Å². The number of alkyl halides is 3. The SMILES string of the molecule is CNc1nc2cnc(C(F)(F)F)nc2n1C1CCCCCC1. The summed E-state index contributed by atoms with van der Waals surface area (Å²) in [7, 11) is 1.71. The number of imidazole rings is 1. The smallest absolute Gasteiger partial charge is 0.359 e. The van der Waals surface area contributed by atoms with Gasteiger partial charge in [-0.1, -0.05) is 25.7 Å². The zero-order valence-corrected chi connectivity index (χ0v) is 12.3. The number of hydrogen-bond acceptors (Lipinski definition) is 4. The molecule has 0 spiro atoms. The Hall–Kier alpha value is -1.86. The van der Waals surface area contributed by atoms with Gasteiger partial charge in [0.2, 0.25) is 11.8 Å². The van der Waals surface area contributed by atoms with E-state index in [2.05, 4.69) is 20.3 Å². The van der Waals surface area contributed by atoms with Crippen molar-refractivity contribution in [3.8, 4) is 0 Å². The molecule has 0 saturated heterocycles. The van der Waals surface area contributed by atoms with Crippen LogP contribution < -0.4 is 5.32 Å². The summed E-state index contributed by atoms with van der Waals surface area (Å²) in [4.78, 5) is 11.5. The van der Waals surface area contributed by atoms with Crippen LogP contribution in [-0.4, -0.2) is 26.6 Å². The van der Waals surface area contributed by atoms with Gasteiger partial charge in [-0.2, -0.15) is 13.2 Å². The first-order chi connectivity index (χ1) is 10.5. The zero-order valence-electron chi connectivity index (χ0n) is 12.3. The summed E-state index contributed by atoms with van der Waals surface area (Å²) >= 11 is 0. The van der Waals surface area contributed by atoms with Gasteiger partial charge in [0.25, 0.3) is 0 Å². The Labute approximate surface area is 126 Å². The largest absolute Gasteiger partial charge is 0.451 e. The monoisotopic (exact) mass is 313 g/mol. The molecule has 22 heavy (non-hydrogen) atoms. The number of rotatable bonds is 2. The fourth-order valence-corrected chi connectivity index (χ4v) is 3.07. The lowest BCUT2D eigenvalue weighted by atomic mass is 10.1. The molecule has 1 aliphatic rings. The van der Waals surface area contributed by atoms with E-state index in [4.69, 9.17) is 0 Å². The summed E-state index contributed by atoms with van der Waals surface area (Å²) in [6, 6.07) is 0.130. The molecule has 0 unspecified atom stereocenters. The van der Waals surface area contributed by atoms with Crippen LogP contribution in [0, 0.1) is 0 Å². The first kappa shape index (κ1) is 15.1. The van der Waals surface area contributed by atoms with Crippen LogP contribution in [0.5, 0.6) is 0 Å². The first-order valence-electron chi connectivity index (χ1n) is 7.50. The molecule has 120 valence electrons. The van der Waals surface area contributed by atoms with Crippen LogP contribution in [0.1, 0.15) is 50.4 Å². The van der Waals surface area contributed by atoms with E-state index >= 15 is 0 Å². The predicted octanol–water partition coefficient (Wildman–Crippen LogP) is 3.78. The number of nitrogens with zero attached hydrogens (tertiary/aromatic N) is 4. The second-order valence-corrected chi connectivity index (χ2v) is 5.60. The number of nitrogens with one attached hydrogen (secondary N) is 1. The average molecular weight is 313 g/mol. The van der Waals surface area contributed by atoms with Crippen molar-refractivity contribution in [1.29, 1.82) is 0 Å². The summed E-state index contributed by atoms with van der Waals surface area (Å²) in [6.07, 6.45) is 2.96. The first-order valence-corrected chi connectivity index (χ1v) is 7.50. The summed E-state index contributed by atoms with van der Waals surface area (Å²) in [6.45, 7) is 0. The van der Waals surface area contributed by atoms with Gasteiger partial charge in [-0.25, -0.2) is 15.0 Å². The highest BCUT2D eigenvalue weighted by Gasteiger charge is 2.35. The van der Waals surface area contributed by atoms with Gasteiger partial charge in [0.05, 0.1) is 6.20 Å². The Morgan fingerprint density at radius 3 is 2.41 bits per heavy atom. The number of fused-ring (bicyclic) bond motifs is 1. The van der Waals surface area contributed by atoms with E-state index in [1.54, 1.807) is 7.05 Å². The van der Waals surface area contributed by atoms with Crippen LogP contribution in [-0.2, 0) is 6.18 Å².